The minimum atomic E-state index is 0.0234. The van der Waals surface area contributed by atoms with Gasteiger partial charge in [-0.1, -0.05) is 6.08 Å². The van der Waals surface area contributed by atoms with Crippen LogP contribution >= 0.6 is 0 Å². The van der Waals surface area contributed by atoms with Crippen molar-refractivity contribution in [1.29, 1.82) is 0 Å². The van der Waals surface area contributed by atoms with Gasteiger partial charge in [0.05, 0.1) is 25.9 Å². The van der Waals surface area contributed by atoms with Crippen LogP contribution < -0.4 is 0 Å². The minimum Gasteiger partial charge on any atom is -0.492 e. The lowest BCUT2D eigenvalue weighted by molar-refractivity contribution is 0.0537. The minimum absolute atomic E-state index is 0.0234. The van der Waals surface area contributed by atoms with Crippen molar-refractivity contribution in [1.82, 2.24) is 0 Å². The first kappa shape index (κ1) is 11.2. The molecule has 0 saturated carbocycles. The molecule has 1 aliphatic rings. The van der Waals surface area contributed by atoms with E-state index in [-0.39, 0.29) is 19.3 Å². The van der Waals surface area contributed by atoms with Crippen molar-refractivity contribution < 1.29 is 19.7 Å². The Kier molecular flexibility index (Phi) is 5.29. The van der Waals surface area contributed by atoms with Gasteiger partial charge in [0, 0.05) is 0 Å². The quantitative estimate of drug-likeness (QED) is 0.643. The lowest BCUT2D eigenvalue weighted by atomic mass is 10.1. The van der Waals surface area contributed by atoms with Crippen molar-refractivity contribution in [2.45, 2.75) is 12.5 Å². The summed E-state index contributed by atoms with van der Waals surface area (Å²) in [5.74, 6) is 0.767. The van der Waals surface area contributed by atoms with E-state index < -0.39 is 0 Å². The fraction of sp³-hybridized carbons (Fsp3) is 0.600. The van der Waals surface area contributed by atoms with Gasteiger partial charge in [0.1, 0.15) is 12.4 Å². The number of aliphatic hydroxyl groups is 2. The second kappa shape index (κ2) is 6.59. The summed E-state index contributed by atoms with van der Waals surface area (Å²) in [6, 6.07) is 0. The van der Waals surface area contributed by atoms with Gasteiger partial charge in [-0.3, -0.25) is 0 Å². The van der Waals surface area contributed by atoms with E-state index in [1.54, 1.807) is 0 Å². The van der Waals surface area contributed by atoms with E-state index in [2.05, 4.69) is 0 Å². The van der Waals surface area contributed by atoms with Gasteiger partial charge in [0.25, 0.3) is 0 Å². The Hall–Kier alpha value is -0.840. The Labute approximate surface area is 83.5 Å². The van der Waals surface area contributed by atoms with Crippen molar-refractivity contribution >= 4 is 0 Å². The highest BCUT2D eigenvalue weighted by Gasteiger charge is 2.08. The third-order valence-corrected chi connectivity index (χ3v) is 1.81. The molecule has 0 heterocycles. The standard InChI is InChI=1S/C10H16O4/c11-5-7-13-9-1-2-10(4-3-9)14-8-6-12/h1-3,10-12H,4-8H2. The predicted molar refractivity (Wildman–Crippen MR) is 51.7 cm³/mol. The molecule has 0 bridgehead atoms. The Morgan fingerprint density at radius 2 is 2.07 bits per heavy atom. The third-order valence-electron chi connectivity index (χ3n) is 1.81. The predicted octanol–water partition coefficient (Wildman–Crippen LogP) is 0.217. The molecule has 0 aromatic carbocycles. The van der Waals surface area contributed by atoms with Crippen LogP contribution in [0.4, 0.5) is 0 Å². The summed E-state index contributed by atoms with van der Waals surface area (Å²) < 4.78 is 10.5. The summed E-state index contributed by atoms with van der Waals surface area (Å²) in [6.45, 7) is 0.742. The second-order valence-electron chi connectivity index (χ2n) is 2.91. The van der Waals surface area contributed by atoms with Crippen molar-refractivity contribution in [3.8, 4) is 0 Å². The topological polar surface area (TPSA) is 58.9 Å². The maximum Gasteiger partial charge on any atom is 0.115 e. The monoisotopic (exact) mass is 200 g/mol. The van der Waals surface area contributed by atoms with E-state index in [0.717, 1.165) is 12.2 Å². The van der Waals surface area contributed by atoms with E-state index >= 15 is 0 Å². The molecule has 0 aromatic rings. The molecule has 2 N–H and O–H groups in total. The van der Waals surface area contributed by atoms with Crippen LogP contribution in [0.1, 0.15) is 6.42 Å². The molecule has 0 saturated heterocycles. The molecule has 1 unspecified atom stereocenters. The summed E-state index contributed by atoms with van der Waals surface area (Å²) in [5.41, 5.74) is 0. The van der Waals surface area contributed by atoms with Crippen LogP contribution in [0.5, 0.6) is 0 Å². The highest BCUT2D eigenvalue weighted by Crippen LogP contribution is 2.13. The molecule has 14 heavy (non-hydrogen) atoms. The molecule has 0 aliphatic heterocycles. The van der Waals surface area contributed by atoms with Crippen LogP contribution in [0.3, 0.4) is 0 Å². The molecule has 0 fully saturated rings. The van der Waals surface area contributed by atoms with E-state index in [0.29, 0.717) is 13.2 Å². The van der Waals surface area contributed by atoms with E-state index in [9.17, 15) is 0 Å². The molecular formula is C10H16O4. The van der Waals surface area contributed by atoms with Crippen molar-refractivity contribution in [2.75, 3.05) is 26.4 Å². The lowest BCUT2D eigenvalue weighted by Gasteiger charge is -2.16. The molecule has 4 heteroatoms. The SMILES string of the molecule is OCCOC1=CCC(OCCO)C=C1. The molecule has 0 aromatic heterocycles. The largest absolute Gasteiger partial charge is 0.492 e. The summed E-state index contributed by atoms with van der Waals surface area (Å²) >= 11 is 0. The van der Waals surface area contributed by atoms with E-state index in [1.807, 2.05) is 18.2 Å². The number of aliphatic hydroxyl groups excluding tert-OH is 2. The Balaban J connectivity index is 2.22. The normalized spacial score (nSPS) is 20.7. The van der Waals surface area contributed by atoms with Crippen LogP contribution in [0.15, 0.2) is 24.0 Å². The van der Waals surface area contributed by atoms with Crippen LogP contribution in [0.25, 0.3) is 0 Å². The van der Waals surface area contributed by atoms with Gasteiger partial charge >= 0.3 is 0 Å². The fourth-order valence-electron chi connectivity index (χ4n) is 1.18. The molecule has 0 amide bonds. The maximum atomic E-state index is 8.55. The molecular weight excluding hydrogens is 184 g/mol. The zero-order valence-electron chi connectivity index (χ0n) is 8.06. The van der Waals surface area contributed by atoms with Gasteiger partial charge in [-0.15, -0.1) is 0 Å². The Morgan fingerprint density at radius 1 is 1.29 bits per heavy atom. The lowest BCUT2D eigenvalue weighted by Crippen LogP contribution is -2.14. The van der Waals surface area contributed by atoms with E-state index in [1.165, 1.54) is 0 Å². The van der Waals surface area contributed by atoms with Crippen LogP contribution in [-0.2, 0) is 9.47 Å². The molecule has 1 rings (SSSR count). The average molecular weight is 200 g/mol. The van der Waals surface area contributed by atoms with Gasteiger partial charge in [-0.2, -0.15) is 0 Å². The first-order valence-corrected chi connectivity index (χ1v) is 4.71. The van der Waals surface area contributed by atoms with Gasteiger partial charge in [0.15, 0.2) is 0 Å². The van der Waals surface area contributed by atoms with Crippen LogP contribution in [0, 0.1) is 0 Å². The smallest absolute Gasteiger partial charge is 0.115 e. The molecule has 80 valence electrons. The van der Waals surface area contributed by atoms with Crippen LogP contribution in [0.2, 0.25) is 0 Å². The van der Waals surface area contributed by atoms with Gasteiger partial charge in [-0.05, 0) is 18.6 Å². The molecule has 0 radical (unpaired) electrons. The molecule has 0 spiro atoms. The van der Waals surface area contributed by atoms with E-state index in [4.69, 9.17) is 19.7 Å². The number of hydrogen-bond acceptors (Lipinski definition) is 4. The Morgan fingerprint density at radius 3 is 2.64 bits per heavy atom. The molecule has 1 aliphatic carbocycles. The zero-order valence-corrected chi connectivity index (χ0v) is 8.06. The first-order chi connectivity index (χ1) is 6.86. The molecule has 4 nitrogen and oxygen atoms in total. The number of allylic oxidation sites excluding steroid dienone is 1. The highest BCUT2D eigenvalue weighted by molar-refractivity contribution is 5.19. The molecule has 1 atom stereocenters. The average Bonchev–Trinajstić information content (AvgIpc) is 2.25. The summed E-state index contributed by atoms with van der Waals surface area (Å²) in [5, 5.41) is 17.1. The Bertz CT molecular complexity index is 210. The van der Waals surface area contributed by atoms with Gasteiger partial charge in [-0.25, -0.2) is 0 Å². The van der Waals surface area contributed by atoms with Crippen molar-refractivity contribution in [2.24, 2.45) is 0 Å². The number of ether oxygens (including phenoxy) is 2. The summed E-state index contributed by atoms with van der Waals surface area (Å²) in [7, 11) is 0. The first-order valence-electron chi connectivity index (χ1n) is 4.71. The van der Waals surface area contributed by atoms with Gasteiger partial charge in [0.2, 0.25) is 0 Å². The van der Waals surface area contributed by atoms with Crippen LogP contribution in [-0.4, -0.2) is 42.7 Å². The van der Waals surface area contributed by atoms with Crippen molar-refractivity contribution in [3.63, 3.8) is 0 Å². The maximum absolute atomic E-state index is 8.55. The third kappa shape index (κ3) is 3.91. The number of rotatable bonds is 6. The number of hydrogen-bond donors (Lipinski definition) is 2. The second-order valence-corrected chi connectivity index (χ2v) is 2.91. The summed E-state index contributed by atoms with van der Waals surface area (Å²) in [6.07, 6.45) is 6.40. The zero-order chi connectivity index (χ0) is 10.2. The highest BCUT2D eigenvalue weighted by atomic mass is 16.5. The van der Waals surface area contributed by atoms with Crippen molar-refractivity contribution in [3.05, 3.63) is 24.0 Å². The van der Waals surface area contributed by atoms with Gasteiger partial charge < -0.3 is 19.7 Å². The summed E-state index contributed by atoms with van der Waals surface area (Å²) in [4.78, 5) is 0. The fourth-order valence-corrected chi connectivity index (χ4v) is 1.18.